The zero-order chi connectivity index (χ0) is 9.84. The van der Waals surface area contributed by atoms with E-state index in [4.69, 9.17) is 22.7 Å². The van der Waals surface area contributed by atoms with E-state index >= 15 is 0 Å². The van der Waals surface area contributed by atoms with Crippen LogP contribution in [0.25, 0.3) is 0 Å². The highest BCUT2D eigenvalue weighted by Gasteiger charge is 2.04. The summed E-state index contributed by atoms with van der Waals surface area (Å²) < 4.78 is 5.19. The maximum Gasteiger partial charge on any atom is 0.133 e. The third-order valence-corrected chi connectivity index (χ3v) is 2.68. The van der Waals surface area contributed by atoms with Crippen LogP contribution in [0.5, 0.6) is 5.75 Å². The van der Waals surface area contributed by atoms with Gasteiger partial charge in [0.2, 0.25) is 0 Å². The molecule has 0 radical (unpaired) electrons. The van der Waals surface area contributed by atoms with Gasteiger partial charge in [-0.05, 0) is 18.4 Å². The third-order valence-electron chi connectivity index (χ3n) is 1.67. The minimum absolute atomic E-state index is 0.394. The summed E-state index contributed by atoms with van der Waals surface area (Å²) in [6, 6.07) is 5.71. The largest absolute Gasteiger partial charge is 0.496 e. The Labute approximate surface area is 87.5 Å². The van der Waals surface area contributed by atoms with Crippen LogP contribution in [0.2, 0.25) is 0 Å². The second-order valence-electron chi connectivity index (χ2n) is 2.43. The number of rotatable bonds is 3. The predicted octanol–water partition coefficient (Wildman–Crippen LogP) is 2.05. The van der Waals surface area contributed by atoms with E-state index in [-0.39, 0.29) is 0 Å². The van der Waals surface area contributed by atoms with Crippen LogP contribution in [0.3, 0.4) is 0 Å². The fraction of sp³-hybridized carbons (Fsp3) is 0.222. The van der Waals surface area contributed by atoms with Gasteiger partial charge in [-0.2, -0.15) is 0 Å². The van der Waals surface area contributed by atoms with E-state index in [0.717, 1.165) is 16.2 Å². The highest BCUT2D eigenvalue weighted by Crippen LogP contribution is 2.28. The minimum atomic E-state index is 0.394. The zero-order valence-electron chi connectivity index (χ0n) is 7.53. The first kappa shape index (κ1) is 10.3. The van der Waals surface area contributed by atoms with Crippen molar-refractivity contribution in [2.45, 2.75) is 4.90 Å². The number of benzene rings is 1. The van der Waals surface area contributed by atoms with Gasteiger partial charge in [-0.15, -0.1) is 11.8 Å². The molecule has 1 aromatic carbocycles. The van der Waals surface area contributed by atoms with Gasteiger partial charge in [0.25, 0.3) is 0 Å². The molecule has 0 saturated heterocycles. The van der Waals surface area contributed by atoms with Gasteiger partial charge in [0, 0.05) is 10.5 Å². The molecule has 4 heteroatoms. The number of hydrogen-bond acceptors (Lipinski definition) is 3. The molecule has 0 unspecified atom stereocenters. The first-order valence-electron chi connectivity index (χ1n) is 3.71. The normalized spacial score (nSPS) is 9.69. The van der Waals surface area contributed by atoms with E-state index in [0.29, 0.717) is 4.99 Å². The third kappa shape index (κ3) is 2.35. The Balaban J connectivity index is 3.13. The Morgan fingerprint density at radius 2 is 2.23 bits per heavy atom. The second kappa shape index (κ2) is 4.48. The van der Waals surface area contributed by atoms with E-state index < -0.39 is 0 Å². The Morgan fingerprint density at radius 3 is 2.69 bits per heavy atom. The molecule has 0 spiro atoms. The quantitative estimate of drug-likeness (QED) is 0.615. The molecular formula is C9H11NOS2. The van der Waals surface area contributed by atoms with E-state index in [1.807, 2.05) is 24.5 Å². The molecule has 0 bridgehead atoms. The minimum Gasteiger partial charge on any atom is -0.496 e. The molecule has 2 nitrogen and oxygen atoms in total. The molecular weight excluding hydrogens is 202 g/mol. The fourth-order valence-electron chi connectivity index (χ4n) is 0.989. The molecule has 0 amide bonds. The maximum absolute atomic E-state index is 5.50. The van der Waals surface area contributed by atoms with Crippen LogP contribution in [0.4, 0.5) is 0 Å². The smallest absolute Gasteiger partial charge is 0.133 e. The Bertz CT molecular complexity index is 325. The topological polar surface area (TPSA) is 35.2 Å². The van der Waals surface area contributed by atoms with Gasteiger partial charge in [-0.3, -0.25) is 0 Å². The number of ether oxygens (including phenoxy) is 1. The molecule has 70 valence electrons. The molecule has 0 aliphatic heterocycles. The molecule has 0 saturated carbocycles. The number of nitrogens with two attached hydrogens (primary N) is 1. The number of methoxy groups -OCH3 is 1. The maximum atomic E-state index is 5.50. The predicted molar refractivity (Wildman–Crippen MR) is 60.7 cm³/mol. The van der Waals surface area contributed by atoms with Crippen LogP contribution < -0.4 is 10.5 Å². The molecule has 0 aliphatic carbocycles. The lowest BCUT2D eigenvalue weighted by atomic mass is 10.2. The van der Waals surface area contributed by atoms with Gasteiger partial charge in [-0.25, -0.2) is 0 Å². The zero-order valence-corrected chi connectivity index (χ0v) is 9.17. The molecule has 0 heterocycles. The van der Waals surface area contributed by atoms with Gasteiger partial charge < -0.3 is 10.5 Å². The van der Waals surface area contributed by atoms with Gasteiger partial charge in [0.15, 0.2) is 0 Å². The summed E-state index contributed by atoms with van der Waals surface area (Å²) in [7, 11) is 1.64. The summed E-state index contributed by atoms with van der Waals surface area (Å²) in [4.78, 5) is 1.48. The van der Waals surface area contributed by atoms with Crippen molar-refractivity contribution in [1.82, 2.24) is 0 Å². The first-order chi connectivity index (χ1) is 6.19. The molecule has 0 aliphatic rings. The summed E-state index contributed by atoms with van der Waals surface area (Å²) in [6.07, 6.45) is 2.00. The summed E-state index contributed by atoms with van der Waals surface area (Å²) >= 11 is 6.50. The van der Waals surface area contributed by atoms with Crippen LogP contribution in [0.15, 0.2) is 23.1 Å². The second-order valence-corrected chi connectivity index (χ2v) is 3.72. The molecule has 0 fully saturated rings. The summed E-state index contributed by atoms with van der Waals surface area (Å²) in [5.74, 6) is 0.817. The summed E-state index contributed by atoms with van der Waals surface area (Å²) in [5, 5.41) is 0. The molecule has 0 atom stereocenters. The van der Waals surface area contributed by atoms with Gasteiger partial charge in [0.1, 0.15) is 10.7 Å². The highest BCUT2D eigenvalue weighted by atomic mass is 32.2. The van der Waals surface area contributed by atoms with Crippen LogP contribution in [0, 0.1) is 0 Å². The summed E-state index contributed by atoms with van der Waals surface area (Å²) in [6.45, 7) is 0. The standard InChI is InChI=1S/C9H11NOS2/c1-11-7-5-6(9(10)12)3-4-8(7)13-2/h3-5H,1-2H3,(H2,10,12). The number of thiocarbonyl (C=S) groups is 1. The molecule has 1 aromatic rings. The van der Waals surface area contributed by atoms with Crippen molar-refractivity contribution in [2.75, 3.05) is 13.4 Å². The average Bonchev–Trinajstić information content (AvgIpc) is 2.16. The van der Waals surface area contributed by atoms with Crippen LogP contribution in [0.1, 0.15) is 5.56 Å². The lowest BCUT2D eigenvalue weighted by molar-refractivity contribution is 0.405. The van der Waals surface area contributed by atoms with Crippen molar-refractivity contribution in [3.05, 3.63) is 23.8 Å². The monoisotopic (exact) mass is 213 g/mol. The number of hydrogen-bond donors (Lipinski definition) is 1. The van der Waals surface area contributed by atoms with Crippen LogP contribution in [-0.2, 0) is 0 Å². The van der Waals surface area contributed by atoms with E-state index in [9.17, 15) is 0 Å². The lowest BCUT2D eigenvalue weighted by Crippen LogP contribution is -2.09. The first-order valence-corrected chi connectivity index (χ1v) is 5.34. The molecule has 2 N–H and O–H groups in total. The molecule has 1 rings (SSSR count). The van der Waals surface area contributed by atoms with Gasteiger partial charge >= 0.3 is 0 Å². The van der Waals surface area contributed by atoms with Crippen molar-refractivity contribution in [1.29, 1.82) is 0 Å². The fourth-order valence-corrected chi connectivity index (χ4v) is 1.66. The highest BCUT2D eigenvalue weighted by molar-refractivity contribution is 7.98. The lowest BCUT2D eigenvalue weighted by Gasteiger charge is -2.07. The van der Waals surface area contributed by atoms with Crippen LogP contribution >= 0.6 is 24.0 Å². The average molecular weight is 213 g/mol. The summed E-state index contributed by atoms with van der Waals surface area (Å²) in [5.41, 5.74) is 6.34. The number of thioether (sulfide) groups is 1. The SMILES string of the molecule is COc1cc(C(N)=S)ccc1SC. The van der Waals surface area contributed by atoms with E-state index in [1.165, 1.54) is 0 Å². The van der Waals surface area contributed by atoms with Crippen molar-refractivity contribution in [2.24, 2.45) is 5.73 Å². The van der Waals surface area contributed by atoms with Crippen molar-refractivity contribution in [3.63, 3.8) is 0 Å². The van der Waals surface area contributed by atoms with Gasteiger partial charge in [0.05, 0.1) is 7.11 Å². The molecule has 0 aromatic heterocycles. The van der Waals surface area contributed by atoms with E-state index in [1.54, 1.807) is 18.9 Å². The van der Waals surface area contributed by atoms with Crippen molar-refractivity contribution in [3.8, 4) is 5.75 Å². The van der Waals surface area contributed by atoms with E-state index in [2.05, 4.69) is 0 Å². The Hall–Kier alpha value is -0.740. The van der Waals surface area contributed by atoms with Crippen molar-refractivity contribution >= 4 is 29.0 Å². The van der Waals surface area contributed by atoms with Crippen LogP contribution in [-0.4, -0.2) is 18.4 Å². The Morgan fingerprint density at radius 1 is 1.54 bits per heavy atom. The van der Waals surface area contributed by atoms with Crippen molar-refractivity contribution < 1.29 is 4.74 Å². The Kier molecular flexibility index (Phi) is 3.57. The molecule has 13 heavy (non-hydrogen) atoms. The van der Waals surface area contributed by atoms with Gasteiger partial charge in [-0.1, -0.05) is 18.3 Å².